The van der Waals surface area contributed by atoms with Gasteiger partial charge < -0.3 is 0 Å². The molecule has 0 spiro atoms. The molecule has 3 heterocycles. The van der Waals surface area contributed by atoms with Crippen molar-refractivity contribution < 1.29 is 13.6 Å². The second kappa shape index (κ2) is 8.11. The second-order valence-electron chi connectivity index (χ2n) is 6.74. The van der Waals surface area contributed by atoms with Crippen molar-refractivity contribution in [2.75, 3.05) is 5.32 Å². The SMILES string of the molecule is Cc1cc(C)n(-c2ccc(C(=O)Nc3ncc(Cc4ccc(F)cc4F)s3)cn2)n1. The minimum atomic E-state index is -0.619. The average molecular weight is 425 g/mol. The number of carbonyl (C=O) groups excluding carboxylic acids is 1. The maximum absolute atomic E-state index is 13.8. The largest absolute Gasteiger partial charge is 0.298 e. The Balaban J connectivity index is 1.43. The minimum Gasteiger partial charge on any atom is -0.298 e. The predicted molar refractivity (Wildman–Crippen MR) is 110 cm³/mol. The zero-order valence-corrected chi connectivity index (χ0v) is 17.0. The highest BCUT2D eigenvalue weighted by Gasteiger charge is 2.13. The fourth-order valence-electron chi connectivity index (χ4n) is 2.98. The van der Waals surface area contributed by atoms with Crippen LogP contribution in [0.3, 0.4) is 0 Å². The van der Waals surface area contributed by atoms with Gasteiger partial charge in [-0.25, -0.2) is 23.4 Å². The van der Waals surface area contributed by atoms with Crippen LogP contribution in [0.4, 0.5) is 13.9 Å². The van der Waals surface area contributed by atoms with Gasteiger partial charge >= 0.3 is 0 Å². The van der Waals surface area contributed by atoms with Gasteiger partial charge in [-0.2, -0.15) is 5.10 Å². The molecule has 0 saturated carbocycles. The van der Waals surface area contributed by atoms with Gasteiger partial charge in [-0.3, -0.25) is 10.1 Å². The maximum Gasteiger partial charge on any atom is 0.259 e. The fourth-order valence-corrected chi connectivity index (χ4v) is 3.81. The summed E-state index contributed by atoms with van der Waals surface area (Å²) in [7, 11) is 0. The minimum absolute atomic E-state index is 0.262. The summed E-state index contributed by atoms with van der Waals surface area (Å²) in [5.74, 6) is -0.958. The van der Waals surface area contributed by atoms with Crippen molar-refractivity contribution in [2.45, 2.75) is 20.3 Å². The van der Waals surface area contributed by atoms with E-state index < -0.39 is 11.6 Å². The normalized spacial score (nSPS) is 10.9. The molecule has 9 heteroatoms. The number of amides is 1. The van der Waals surface area contributed by atoms with E-state index in [1.807, 2.05) is 19.9 Å². The molecule has 1 aromatic carbocycles. The van der Waals surface area contributed by atoms with Crippen molar-refractivity contribution in [3.63, 3.8) is 0 Å². The number of carbonyl (C=O) groups is 1. The number of aryl methyl sites for hydroxylation is 2. The van der Waals surface area contributed by atoms with Crippen LogP contribution in [0.15, 0.2) is 48.8 Å². The smallest absolute Gasteiger partial charge is 0.259 e. The van der Waals surface area contributed by atoms with Crippen LogP contribution in [0, 0.1) is 25.5 Å². The second-order valence-corrected chi connectivity index (χ2v) is 7.86. The van der Waals surface area contributed by atoms with Crippen molar-refractivity contribution in [3.05, 3.63) is 87.8 Å². The fraction of sp³-hybridized carbons (Fsp3) is 0.143. The van der Waals surface area contributed by atoms with Crippen molar-refractivity contribution >= 4 is 22.4 Å². The summed E-state index contributed by atoms with van der Waals surface area (Å²) in [5.41, 5.74) is 2.57. The Hall–Kier alpha value is -3.46. The summed E-state index contributed by atoms with van der Waals surface area (Å²) in [6, 6.07) is 8.79. The van der Waals surface area contributed by atoms with Crippen molar-refractivity contribution in [2.24, 2.45) is 0 Å². The van der Waals surface area contributed by atoms with Gasteiger partial charge in [0.25, 0.3) is 5.91 Å². The zero-order valence-electron chi connectivity index (χ0n) is 16.2. The van der Waals surface area contributed by atoms with E-state index >= 15 is 0 Å². The molecule has 0 aliphatic rings. The number of thiazole rings is 1. The third-order valence-corrected chi connectivity index (χ3v) is 5.30. The van der Waals surface area contributed by atoms with Crippen LogP contribution < -0.4 is 5.32 Å². The number of aromatic nitrogens is 4. The van der Waals surface area contributed by atoms with E-state index in [4.69, 9.17) is 0 Å². The third kappa shape index (κ3) is 4.25. The monoisotopic (exact) mass is 425 g/mol. The van der Waals surface area contributed by atoms with Gasteiger partial charge in [-0.1, -0.05) is 6.07 Å². The molecule has 0 saturated heterocycles. The summed E-state index contributed by atoms with van der Waals surface area (Å²) >= 11 is 1.23. The van der Waals surface area contributed by atoms with E-state index in [0.29, 0.717) is 22.1 Å². The number of benzene rings is 1. The molecule has 1 amide bonds. The van der Waals surface area contributed by atoms with Crippen LogP contribution in [0.1, 0.15) is 32.2 Å². The van der Waals surface area contributed by atoms with Gasteiger partial charge in [0.15, 0.2) is 10.9 Å². The van der Waals surface area contributed by atoms with Gasteiger partial charge in [0.2, 0.25) is 0 Å². The van der Waals surface area contributed by atoms with Gasteiger partial charge in [0, 0.05) is 35.5 Å². The van der Waals surface area contributed by atoms with E-state index in [1.165, 1.54) is 29.7 Å². The molecule has 0 atom stereocenters. The molecule has 0 aliphatic carbocycles. The zero-order chi connectivity index (χ0) is 21.3. The van der Waals surface area contributed by atoms with Crippen molar-refractivity contribution in [1.29, 1.82) is 0 Å². The van der Waals surface area contributed by atoms with Crippen LogP contribution in [0.5, 0.6) is 0 Å². The van der Waals surface area contributed by atoms with Crippen molar-refractivity contribution in [3.8, 4) is 5.82 Å². The lowest BCUT2D eigenvalue weighted by molar-refractivity contribution is 0.102. The van der Waals surface area contributed by atoms with E-state index in [2.05, 4.69) is 20.4 Å². The number of nitrogens with one attached hydrogen (secondary N) is 1. The predicted octanol–water partition coefficient (Wildman–Crippen LogP) is 4.46. The van der Waals surface area contributed by atoms with Crippen LogP contribution in [-0.4, -0.2) is 25.7 Å². The summed E-state index contributed by atoms with van der Waals surface area (Å²) < 4.78 is 28.6. The van der Waals surface area contributed by atoms with Gasteiger partial charge in [-0.05, 0) is 43.7 Å². The molecule has 1 N–H and O–H groups in total. The maximum atomic E-state index is 13.8. The molecule has 3 aromatic heterocycles. The van der Waals surface area contributed by atoms with E-state index in [0.717, 1.165) is 22.3 Å². The molecule has 0 fully saturated rings. The number of hydrogen-bond donors (Lipinski definition) is 1. The van der Waals surface area contributed by atoms with Gasteiger partial charge in [0.1, 0.15) is 11.6 Å². The lowest BCUT2D eigenvalue weighted by atomic mass is 10.1. The summed E-state index contributed by atoms with van der Waals surface area (Å²) in [5, 5.41) is 7.47. The number of hydrogen-bond acceptors (Lipinski definition) is 5. The number of pyridine rings is 1. The van der Waals surface area contributed by atoms with Gasteiger partial charge in [-0.15, -0.1) is 11.3 Å². The Labute approximate surface area is 175 Å². The molecule has 152 valence electrons. The van der Waals surface area contributed by atoms with Crippen LogP contribution >= 0.6 is 11.3 Å². The lowest BCUT2D eigenvalue weighted by Gasteiger charge is -2.05. The first kappa shape index (κ1) is 19.8. The van der Waals surface area contributed by atoms with E-state index in [1.54, 1.807) is 23.0 Å². The Morgan fingerprint density at radius 3 is 2.60 bits per heavy atom. The molecular formula is C21H17F2N5OS. The highest BCUT2D eigenvalue weighted by molar-refractivity contribution is 7.15. The standard InChI is InChI=1S/C21H17F2N5OS/c1-12-7-13(2)28(27-12)19-6-4-15(10-24-19)20(29)26-21-25-11-17(30-21)8-14-3-5-16(22)9-18(14)23/h3-7,9-11H,8H2,1-2H3,(H,25,26,29). The molecule has 0 radical (unpaired) electrons. The number of rotatable bonds is 5. The molecule has 0 aliphatic heterocycles. The number of halogens is 2. The van der Waals surface area contributed by atoms with Crippen LogP contribution in [-0.2, 0) is 6.42 Å². The quantitative estimate of drug-likeness (QED) is 0.512. The number of nitrogens with zero attached hydrogens (tertiary/aromatic N) is 4. The Bertz CT molecular complexity index is 1220. The Morgan fingerprint density at radius 2 is 1.93 bits per heavy atom. The highest BCUT2D eigenvalue weighted by atomic mass is 32.1. The molecular weight excluding hydrogens is 408 g/mol. The molecule has 30 heavy (non-hydrogen) atoms. The first-order chi connectivity index (χ1) is 14.4. The summed E-state index contributed by atoms with van der Waals surface area (Å²) in [6.45, 7) is 3.83. The molecule has 4 rings (SSSR count). The molecule has 0 bridgehead atoms. The number of anilines is 1. The lowest BCUT2D eigenvalue weighted by Crippen LogP contribution is -2.12. The first-order valence-electron chi connectivity index (χ1n) is 9.09. The van der Waals surface area contributed by atoms with E-state index in [9.17, 15) is 13.6 Å². The summed E-state index contributed by atoms with van der Waals surface area (Å²) in [4.78, 5) is 21.7. The third-order valence-electron chi connectivity index (χ3n) is 4.39. The first-order valence-corrected chi connectivity index (χ1v) is 9.90. The highest BCUT2D eigenvalue weighted by Crippen LogP contribution is 2.23. The summed E-state index contributed by atoms with van der Waals surface area (Å²) in [6.07, 6.45) is 3.30. The van der Waals surface area contributed by atoms with Crippen LogP contribution in [0.2, 0.25) is 0 Å². The average Bonchev–Trinajstić information content (AvgIpc) is 3.29. The van der Waals surface area contributed by atoms with Crippen molar-refractivity contribution in [1.82, 2.24) is 19.7 Å². The Morgan fingerprint density at radius 1 is 1.10 bits per heavy atom. The Kier molecular flexibility index (Phi) is 5.37. The molecule has 4 aromatic rings. The van der Waals surface area contributed by atoms with Gasteiger partial charge in [0.05, 0.1) is 11.3 Å². The van der Waals surface area contributed by atoms with E-state index in [-0.39, 0.29) is 12.3 Å². The topological polar surface area (TPSA) is 72.7 Å². The molecule has 6 nitrogen and oxygen atoms in total. The molecule has 0 unspecified atom stereocenters. The van der Waals surface area contributed by atoms with Crippen LogP contribution in [0.25, 0.3) is 5.82 Å².